The number of carbonyl (C=O) groups is 2. The molecule has 96 valence electrons. The SMILES string of the molecule is CC.C[C@@H](CNC(=O)OC(C)(C)C)C(=O)O. The molecule has 5 nitrogen and oxygen atoms in total. The number of aliphatic carboxylic acids is 1. The van der Waals surface area contributed by atoms with Crippen LogP contribution in [0.4, 0.5) is 4.79 Å². The minimum atomic E-state index is -0.943. The maximum Gasteiger partial charge on any atom is 0.407 e. The second kappa shape index (κ2) is 7.96. The van der Waals surface area contributed by atoms with Crippen molar-refractivity contribution in [1.29, 1.82) is 0 Å². The van der Waals surface area contributed by atoms with Crippen LogP contribution in [0, 0.1) is 5.92 Å². The van der Waals surface area contributed by atoms with Crippen molar-refractivity contribution in [1.82, 2.24) is 5.32 Å². The molecule has 0 aliphatic rings. The fraction of sp³-hybridized carbons (Fsp3) is 0.818. The third kappa shape index (κ3) is 10.8. The topological polar surface area (TPSA) is 75.6 Å². The van der Waals surface area contributed by atoms with Gasteiger partial charge >= 0.3 is 12.1 Å². The molecule has 0 saturated carbocycles. The van der Waals surface area contributed by atoms with E-state index in [1.54, 1.807) is 20.8 Å². The van der Waals surface area contributed by atoms with Gasteiger partial charge < -0.3 is 15.2 Å². The van der Waals surface area contributed by atoms with Gasteiger partial charge in [0.1, 0.15) is 5.60 Å². The number of alkyl carbamates (subject to hydrolysis) is 1. The summed E-state index contributed by atoms with van der Waals surface area (Å²) in [7, 11) is 0. The Morgan fingerprint density at radius 1 is 1.31 bits per heavy atom. The summed E-state index contributed by atoms with van der Waals surface area (Å²) in [6, 6.07) is 0. The van der Waals surface area contributed by atoms with Crippen LogP contribution in [0.25, 0.3) is 0 Å². The first-order valence-corrected chi connectivity index (χ1v) is 5.42. The zero-order valence-corrected chi connectivity index (χ0v) is 11.0. The van der Waals surface area contributed by atoms with Crippen LogP contribution < -0.4 is 5.32 Å². The molecule has 0 rings (SSSR count). The first kappa shape index (κ1) is 17.1. The van der Waals surface area contributed by atoms with E-state index in [1.165, 1.54) is 6.92 Å². The molecule has 0 saturated heterocycles. The molecule has 1 amide bonds. The molecule has 0 radical (unpaired) electrons. The molecule has 0 aliphatic carbocycles. The van der Waals surface area contributed by atoms with Crippen LogP contribution in [0.2, 0.25) is 0 Å². The van der Waals surface area contributed by atoms with Crippen LogP contribution in [-0.2, 0) is 9.53 Å². The standard InChI is InChI=1S/C9H17NO4.C2H6/c1-6(7(11)12)5-10-8(13)14-9(2,3)4;1-2/h6H,5H2,1-4H3,(H,10,13)(H,11,12);1-2H3/t6-;/m0./s1. The molecule has 0 unspecified atom stereocenters. The van der Waals surface area contributed by atoms with Crippen molar-refractivity contribution in [2.45, 2.75) is 47.1 Å². The Kier molecular flexibility index (Phi) is 8.53. The Morgan fingerprint density at radius 2 is 1.75 bits per heavy atom. The highest BCUT2D eigenvalue weighted by atomic mass is 16.6. The molecular formula is C11H23NO4. The number of carbonyl (C=O) groups excluding carboxylic acids is 1. The fourth-order valence-corrected chi connectivity index (χ4v) is 0.638. The van der Waals surface area contributed by atoms with Gasteiger partial charge in [-0.3, -0.25) is 4.79 Å². The minimum absolute atomic E-state index is 0.0737. The van der Waals surface area contributed by atoms with Gasteiger partial charge in [0.05, 0.1) is 5.92 Å². The van der Waals surface area contributed by atoms with Gasteiger partial charge in [0.15, 0.2) is 0 Å². The van der Waals surface area contributed by atoms with Gasteiger partial charge in [-0.05, 0) is 20.8 Å². The van der Waals surface area contributed by atoms with Gasteiger partial charge in [0.25, 0.3) is 0 Å². The van der Waals surface area contributed by atoms with E-state index in [0.29, 0.717) is 0 Å². The van der Waals surface area contributed by atoms with Gasteiger partial charge in [-0.1, -0.05) is 20.8 Å². The molecule has 0 heterocycles. The molecule has 0 aromatic carbocycles. The Labute approximate surface area is 97.2 Å². The smallest absolute Gasteiger partial charge is 0.407 e. The van der Waals surface area contributed by atoms with Crippen molar-refractivity contribution < 1.29 is 19.4 Å². The van der Waals surface area contributed by atoms with Crippen LogP contribution in [0.3, 0.4) is 0 Å². The van der Waals surface area contributed by atoms with Crippen LogP contribution in [0.1, 0.15) is 41.5 Å². The second-order valence-corrected chi connectivity index (χ2v) is 4.12. The van der Waals surface area contributed by atoms with Crippen LogP contribution in [0.5, 0.6) is 0 Å². The quantitative estimate of drug-likeness (QED) is 0.784. The molecule has 0 aromatic rings. The Balaban J connectivity index is 0. The highest BCUT2D eigenvalue weighted by Gasteiger charge is 2.17. The summed E-state index contributed by atoms with van der Waals surface area (Å²) in [4.78, 5) is 21.5. The monoisotopic (exact) mass is 233 g/mol. The summed E-state index contributed by atoms with van der Waals surface area (Å²) in [6.45, 7) is 10.8. The highest BCUT2D eigenvalue weighted by molar-refractivity contribution is 5.72. The highest BCUT2D eigenvalue weighted by Crippen LogP contribution is 2.06. The number of nitrogens with one attached hydrogen (secondary N) is 1. The second-order valence-electron chi connectivity index (χ2n) is 4.12. The molecule has 0 spiro atoms. The van der Waals surface area contributed by atoms with Crippen LogP contribution >= 0.6 is 0 Å². The van der Waals surface area contributed by atoms with Crippen molar-refractivity contribution in [3.8, 4) is 0 Å². The zero-order chi connectivity index (χ0) is 13.4. The summed E-state index contributed by atoms with van der Waals surface area (Å²) in [5.41, 5.74) is -0.559. The van der Waals surface area contributed by atoms with E-state index in [1.807, 2.05) is 13.8 Å². The van der Waals surface area contributed by atoms with Crippen LogP contribution in [0.15, 0.2) is 0 Å². The van der Waals surface area contributed by atoms with E-state index in [2.05, 4.69) is 5.32 Å². The molecule has 0 aromatic heterocycles. The largest absolute Gasteiger partial charge is 0.481 e. The number of ether oxygens (including phenoxy) is 1. The normalized spacial score (nSPS) is 11.9. The predicted octanol–water partition coefficient (Wildman–Crippen LogP) is 2.26. The lowest BCUT2D eigenvalue weighted by atomic mass is 10.2. The predicted molar refractivity (Wildman–Crippen MR) is 62.4 cm³/mol. The number of amides is 1. The first-order valence-electron chi connectivity index (χ1n) is 5.42. The fourth-order valence-electron chi connectivity index (χ4n) is 0.638. The van der Waals surface area contributed by atoms with Gasteiger partial charge in [0, 0.05) is 6.54 Å². The van der Waals surface area contributed by atoms with E-state index >= 15 is 0 Å². The Hall–Kier alpha value is -1.26. The maximum absolute atomic E-state index is 11.1. The van der Waals surface area contributed by atoms with E-state index in [-0.39, 0.29) is 6.54 Å². The number of hydrogen-bond acceptors (Lipinski definition) is 3. The molecule has 0 aliphatic heterocycles. The molecule has 0 bridgehead atoms. The van der Waals surface area contributed by atoms with Crippen molar-refractivity contribution >= 4 is 12.1 Å². The number of rotatable bonds is 3. The van der Waals surface area contributed by atoms with Crippen LogP contribution in [-0.4, -0.2) is 29.3 Å². The van der Waals surface area contributed by atoms with E-state index < -0.39 is 23.6 Å². The number of hydrogen-bond donors (Lipinski definition) is 2. The lowest BCUT2D eigenvalue weighted by Crippen LogP contribution is -2.36. The van der Waals surface area contributed by atoms with Gasteiger partial charge in [-0.2, -0.15) is 0 Å². The van der Waals surface area contributed by atoms with E-state index in [0.717, 1.165) is 0 Å². The average Bonchev–Trinajstić information content (AvgIpc) is 2.14. The molecular weight excluding hydrogens is 210 g/mol. The zero-order valence-electron chi connectivity index (χ0n) is 11.0. The summed E-state index contributed by atoms with van der Waals surface area (Å²) in [6.07, 6.45) is -0.592. The lowest BCUT2D eigenvalue weighted by Gasteiger charge is -2.20. The van der Waals surface area contributed by atoms with E-state index in [9.17, 15) is 9.59 Å². The molecule has 5 heteroatoms. The van der Waals surface area contributed by atoms with Crippen molar-refractivity contribution in [3.05, 3.63) is 0 Å². The summed E-state index contributed by atoms with van der Waals surface area (Å²) in [5.74, 6) is -1.55. The Morgan fingerprint density at radius 3 is 2.06 bits per heavy atom. The third-order valence-corrected chi connectivity index (χ3v) is 1.37. The first-order chi connectivity index (χ1) is 7.22. The van der Waals surface area contributed by atoms with E-state index in [4.69, 9.17) is 9.84 Å². The summed E-state index contributed by atoms with van der Waals surface area (Å²) < 4.78 is 4.92. The molecule has 2 N–H and O–H groups in total. The third-order valence-electron chi connectivity index (χ3n) is 1.37. The van der Waals surface area contributed by atoms with Gasteiger partial charge in [-0.25, -0.2) is 4.79 Å². The Bertz CT molecular complexity index is 221. The molecule has 0 fully saturated rings. The minimum Gasteiger partial charge on any atom is -0.481 e. The maximum atomic E-state index is 11.1. The summed E-state index contributed by atoms with van der Waals surface area (Å²) >= 11 is 0. The van der Waals surface area contributed by atoms with Crippen molar-refractivity contribution in [2.75, 3.05) is 6.54 Å². The van der Waals surface area contributed by atoms with Gasteiger partial charge in [0.2, 0.25) is 0 Å². The van der Waals surface area contributed by atoms with Gasteiger partial charge in [-0.15, -0.1) is 0 Å². The number of carboxylic acid groups (broad SMARTS) is 1. The average molecular weight is 233 g/mol. The molecule has 16 heavy (non-hydrogen) atoms. The van der Waals surface area contributed by atoms with Crippen molar-refractivity contribution in [2.24, 2.45) is 5.92 Å². The molecule has 1 atom stereocenters. The number of carboxylic acids is 1. The summed E-state index contributed by atoms with van der Waals surface area (Å²) in [5, 5.41) is 10.9. The van der Waals surface area contributed by atoms with Crippen molar-refractivity contribution in [3.63, 3.8) is 0 Å². The lowest BCUT2D eigenvalue weighted by molar-refractivity contribution is -0.140.